The SMILES string of the molecule is CCCCN1C(=CC=CC=CC2=[N+](CCCCCC(=O)NCCOCCOCCOCCOCCOCCOCCOCCOCCOCCOCCOCCOCCOCCOCCOCCOCCOCCOCCOCCOCCOCCOCCOCCOC)c3ccc(C)cc3C2(C)C)C(C)(CCCCCC(=O)OC)c2cc(S(=O)(=O)O)ccc21. The molecule has 0 bridgehead atoms. The molecule has 2 aliphatic rings. The molecule has 2 aromatic rings. The third-order valence-electron chi connectivity index (χ3n) is 19.8. The lowest BCUT2D eigenvalue weighted by Gasteiger charge is -2.30. The topological polar surface area (TPSA) is 338 Å². The summed E-state index contributed by atoms with van der Waals surface area (Å²) in [6.45, 7) is 35.5. The van der Waals surface area contributed by atoms with E-state index < -0.39 is 15.5 Å². The monoisotopic (exact) mass is 1800 g/mol. The van der Waals surface area contributed by atoms with Gasteiger partial charge in [0.15, 0.2) is 5.71 Å². The Kier molecular flexibility index (Phi) is 68.9. The molecule has 0 radical (unpaired) electrons. The molecule has 33 nitrogen and oxygen atoms in total. The van der Waals surface area contributed by atoms with E-state index in [0.717, 1.165) is 81.4 Å². The summed E-state index contributed by atoms with van der Waals surface area (Å²) < 4.78 is 175. The van der Waals surface area contributed by atoms with E-state index >= 15 is 0 Å². The fraction of sp³-hybridized carbons (Fsp3) is 0.769. The van der Waals surface area contributed by atoms with Crippen molar-refractivity contribution in [3.63, 3.8) is 0 Å². The van der Waals surface area contributed by atoms with E-state index in [2.05, 4.69) is 98.0 Å². The maximum atomic E-state index is 12.8. The highest BCUT2D eigenvalue weighted by Crippen LogP contribution is 2.52. The minimum Gasteiger partial charge on any atom is -0.469 e. The number of fused-ring (bicyclic) bond motifs is 2. The number of aryl methyl sites for hydroxylation is 1. The number of anilines is 1. The number of amides is 1. The van der Waals surface area contributed by atoms with Gasteiger partial charge in [0, 0.05) is 74.0 Å². The lowest BCUT2D eigenvalue weighted by atomic mass is 9.77. The standard InChI is InChI=1S/C91H155N3O30S/c1-8-9-29-94-85-26-24-81(125(97,98)99)79-83(85)91(5,27-17-11-16-22-89(96)101-7)87(94)20-14-10-13-19-86-90(3,4)82-78-80(2)23-25-84(82)93(86)30-18-12-15-21-88(95)92-28-31-102-34-35-104-38-39-106-42-43-108-46-47-110-50-51-112-54-55-114-58-59-116-62-63-118-66-67-120-70-71-122-74-75-124-77-76-123-73-72-121-69-68-119-65-64-117-61-60-115-57-56-113-53-52-111-49-48-109-45-44-107-41-40-105-37-36-103-33-32-100-6/h10,13-14,19-20,23-26,78-79H,8-9,11-12,15-18,21-22,27-77H2,1-7H3,(H-,92,95,97,98,99)/p+1. The van der Waals surface area contributed by atoms with Crippen molar-refractivity contribution >= 4 is 39.1 Å². The molecule has 720 valence electrons. The quantitative estimate of drug-likeness (QED) is 0.0205. The Balaban J connectivity index is 0.827. The second-order valence-corrected chi connectivity index (χ2v) is 31.3. The number of ether oxygens (including phenoxy) is 25. The number of benzene rings is 2. The van der Waals surface area contributed by atoms with Gasteiger partial charge in [0.2, 0.25) is 11.6 Å². The molecule has 0 saturated heterocycles. The average molecular weight is 1800 g/mol. The van der Waals surface area contributed by atoms with E-state index in [4.69, 9.17) is 118 Å². The minimum atomic E-state index is -4.43. The van der Waals surface area contributed by atoms with Gasteiger partial charge in [0.05, 0.1) is 328 Å². The van der Waals surface area contributed by atoms with Crippen LogP contribution in [0.1, 0.15) is 115 Å². The molecule has 0 spiro atoms. The summed E-state index contributed by atoms with van der Waals surface area (Å²) in [5.41, 5.74) is 6.94. The van der Waals surface area contributed by atoms with Crippen LogP contribution in [0.2, 0.25) is 0 Å². The number of nitrogens with zero attached hydrogens (tertiary/aromatic N) is 2. The first-order chi connectivity index (χ1) is 61.2. The predicted molar refractivity (Wildman–Crippen MR) is 474 cm³/mol. The van der Waals surface area contributed by atoms with Gasteiger partial charge in [-0.2, -0.15) is 13.0 Å². The van der Waals surface area contributed by atoms with Gasteiger partial charge in [-0.25, -0.2) is 0 Å². The fourth-order valence-electron chi connectivity index (χ4n) is 13.1. The summed E-state index contributed by atoms with van der Waals surface area (Å²) in [4.78, 5) is 26.8. The number of esters is 1. The van der Waals surface area contributed by atoms with Gasteiger partial charge >= 0.3 is 5.97 Å². The second-order valence-electron chi connectivity index (χ2n) is 29.8. The Morgan fingerprint density at radius 1 is 0.416 bits per heavy atom. The number of hydrogen-bond acceptors (Lipinski definition) is 30. The largest absolute Gasteiger partial charge is 0.469 e. The zero-order valence-corrected chi connectivity index (χ0v) is 77.4. The number of rotatable bonds is 91. The van der Waals surface area contributed by atoms with E-state index in [-0.39, 0.29) is 22.2 Å². The van der Waals surface area contributed by atoms with Crippen molar-refractivity contribution in [3.05, 3.63) is 89.2 Å². The highest BCUT2D eigenvalue weighted by molar-refractivity contribution is 7.85. The van der Waals surface area contributed by atoms with Crippen LogP contribution in [-0.4, -0.2) is 380 Å². The average Bonchev–Trinajstić information content (AvgIpc) is 1.59. The van der Waals surface area contributed by atoms with Gasteiger partial charge in [-0.15, -0.1) is 0 Å². The molecular weight excluding hydrogens is 1650 g/mol. The van der Waals surface area contributed by atoms with Gasteiger partial charge in [-0.1, -0.05) is 56.0 Å². The second kappa shape index (κ2) is 76.7. The third kappa shape index (κ3) is 55.1. The molecule has 1 amide bonds. The van der Waals surface area contributed by atoms with E-state index in [0.29, 0.717) is 336 Å². The lowest BCUT2D eigenvalue weighted by molar-refractivity contribution is -0.438. The summed E-state index contributed by atoms with van der Waals surface area (Å²) in [7, 11) is -1.39. The molecule has 2 N–H and O–H groups in total. The van der Waals surface area contributed by atoms with Gasteiger partial charge in [0.25, 0.3) is 10.1 Å². The van der Waals surface area contributed by atoms with Crippen LogP contribution >= 0.6 is 0 Å². The summed E-state index contributed by atoms with van der Waals surface area (Å²) in [5, 5.41) is 2.98. The fourth-order valence-corrected chi connectivity index (χ4v) is 13.6. The molecule has 2 aliphatic heterocycles. The van der Waals surface area contributed by atoms with Crippen LogP contribution in [0.15, 0.2) is 77.4 Å². The predicted octanol–water partition coefficient (Wildman–Crippen LogP) is 9.02. The highest BCUT2D eigenvalue weighted by atomic mass is 32.2. The van der Waals surface area contributed by atoms with Gasteiger partial charge < -0.3 is 129 Å². The molecule has 1 atom stereocenters. The maximum absolute atomic E-state index is 12.8. The van der Waals surface area contributed by atoms with Crippen molar-refractivity contribution in [2.45, 2.75) is 121 Å². The molecule has 2 aromatic carbocycles. The first-order valence-corrected chi connectivity index (χ1v) is 46.4. The van der Waals surface area contributed by atoms with Gasteiger partial charge in [-0.05, 0) is 95.7 Å². The molecule has 2 heterocycles. The van der Waals surface area contributed by atoms with Crippen molar-refractivity contribution in [3.8, 4) is 0 Å². The molecule has 34 heteroatoms. The smallest absolute Gasteiger partial charge is 0.305 e. The van der Waals surface area contributed by atoms with Crippen molar-refractivity contribution < 1.29 is 146 Å². The number of allylic oxidation sites excluding steroid dienone is 6. The number of unbranched alkanes of at least 4 members (excludes halogenated alkanes) is 5. The number of carbonyl (C=O) groups is 2. The number of methoxy groups -OCH3 is 2. The minimum absolute atomic E-state index is 0.0108. The third-order valence-corrected chi connectivity index (χ3v) is 20.6. The molecule has 0 aromatic heterocycles. The molecular formula is C91H156N3O30S+. The van der Waals surface area contributed by atoms with Gasteiger partial charge in [0.1, 0.15) is 6.54 Å². The van der Waals surface area contributed by atoms with Crippen LogP contribution in [0.4, 0.5) is 11.4 Å². The Hall–Kier alpha value is -4.98. The molecule has 0 fully saturated rings. The van der Waals surface area contributed by atoms with Crippen molar-refractivity contribution in [1.82, 2.24) is 5.32 Å². The first kappa shape index (κ1) is 112. The van der Waals surface area contributed by atoms with Crippen molar-refractivity contribution in [2.75, 3.05) is 349 Å². The van der Waals surface area contributed by atoms with E-state index in [1.54, 1.807) is 13.2 Å². The normalized spacial score (nSPS) is 14.8. The first-order valence-electron chi connectivity index (χ1n) is 45.0. The summed E-state index contributed by atoms with van der Waals surface area (Å²) >= 11 is 0. The Labute approximate surface area is 745 Å². The lowest BCUT2D eigenvalue weighted by Crippen LogP contribution is -2.29. The number of hydrogen-bond donors (Lipinski definition) is 2. The van der Waals surface area contributed by atoms with Crippen LogP contribution in [0, 0.1) is 6.92 Å². The highest BCUT2D eigenvalue weighted by Gasteiger charge is 2.45. The Morgan fingerprint density at radius 2 is 0.776 bits per heavy atom. The molecule has 0 saturated carbocycles. The van der Waals surface area contributed by atoms with Crippen LogP contribution in [0.25, 0.3) is 0 Å². The maximum Gasteiger partial charge on any atom is 0.305 e. The summed E-state index contributed by atoms with van der Waals surface area (Å²) in [6, 6.07) is 11.6. The van der Waals surface area contributed by atoms with E-state index in [1.807, 2.05) is 6.07 Å². The number of nitrogens with one attached hydrogen (secondary N) is 1. The summed E-state index contributed by atoms with van der Waals surface area (Å²) in [5.74, 6) is -0.223. The van der Waals surface area contributed by atoms with Gasteiger partial charge in [-0.3, -0.25) is 14.1 Å². The molecule has 1 unspecified atom stereocenters. The Morgan fingerprint density at radius 3 is 1.14 bits per heavy atom. The molecule has 125 heavy (non-hydrogen) atoms. The van der Waals surface area contributed by atoms with Crippen LogP contribution in [0.3, 0.4) is 0 Å². The summed E-state index contributed by atoms with van der Waals surface area (Å²) in [6.07, 6.45) is 18.9. The van der Waals surface area contributed by atoms with Crippen molar-refractivity contribution in [1.29, 1.82) is 0 Å². The van der Waals surface area contributed by atoms with E-state index in [1.165, 1.54) is 35.7 Å². The molecule has 4 rings (SSSR count). The van der Waals surface area contributed by atoms with Crippen LogP contribution < -0.4 is 10.2 Å². The van der Waals surface area contributed by atoms with Crippen LogP contribution in [0.5, 0.6) is 0 Å². The van der Waals surface area contributed by atoms with Crippen molar-refractivity contribution in [2.24, 2.45) is 0 Å². The zero-order chi connectivity index (χ0) is 89.7. The Bertz CT molecular complexity index is 3230. The molecule has 0 aliphatic carbocycles. The zero-order valence-electron chi connectivity index (χ0n) is 76.6. The van der Waals surface area contributed by atoms with E-state index in [9.17, 15) is 22.6 Å². The van der Waals surface area contributed by atoms with Crippen LogP contribution in [-0.2, 0) is 149 Å². The number of carbonyl (C=O) groups excluding carboxylic acids is 2.